The molecule has 0 aliphatic heterocycles. The van der Waals surface area contributed by atoms with Gasteiger partial charge in [-0.2, -0.15) is 0 Å². The third kappa shape index (κ3) is 3.01. The van der Waals surface area contributed by atoms with Crippen molar-refractivity contribution in [3.05, 3.63) is 71.4 Å². The van der Waals surface area contributed by atoms with Crippen molar-refractivity contribution in [3.63, 3.8) is 0 Å². The number of fused-ring (bicyclic) bond motifs is 1. The molecule has 4 nitrogen and oxygen atoms in total. The van der Waals surface area contributed by atoms with Gasteiger partial charge in [-0.3, -0.25) is 0 Å². The van der Waals surface area contributed by atoms with E-state index in [1.165, 1.54) is 12.5 Å². The molecule has 0 saturated heterocycles. The highest BCUT2D eigenvalue weighted by Crippen LogP contribution is 2.25. The molecule has 0 fully saturated rings. The number of carbonyl (C=O) groups excluding carboxylic acids is 1. The standard InChI is InChI=1S/C19H18N2O2/c1-13-9-10-18-16(11-13)17(12-21(18)3)19(20-23-14(2)22)15-7-5-4-6-8-15/h4-12H,1-3H3/b20-19+. The first-order chi connectivity index (χ1) is 11.1. The summed E-state index contributed by atoms with van der Waals surface area (Å²) in [7, 11) is 2.00. The molecule has 3 aromatic rings. The third-order valence-electron chi connectivity index (χ3n) is 3.71. The van der Waals surface area contributed by atoms with Crippen molar-refractivity contribution in [1.82, 2.24) is 4.57 Å². The summed E-state index contributed by atoms with van der Waals surface area (Å²) < 4.78 is 2.05. The van der Waals surface area contributed by atoms with Crippen molar-refractivity contribution in [3.8, 4) is 0 Å². The lowest BCUT2D eigenvalue weighted by molar-refractivity contribution is -0.140. The highest BCUT2D eigenvalue weighted by molar-refractivity contribution is 6.19. The molecule has 1 heterocycles. The highest BCUT2D eigenvalue weighted by atomic mass is 16.7. The molecule has 2 aromatic carbocycles. The predicted molar refractivity (Wildman–Crippen MR) is 91.5 cm³/mol. The Morgan fingerprint density at radius 1 is 1.13 bits per heavy atom. The summed E-state index contributed by atoms with van der Waals surface area (Å²) in [5.41, 5.74) is 4.78. The van der Waals surface area contributed by atoms with Gasteiger partial charge in [0.25, 0.3) is 0 Å². The Hall–Kier alpha value is -2.88. The van der Waals surface area contributed by atoms with Gasteiger partial charge in [0.05, 0.1) is 0 Å². The zero-order valence-electron chi connectivity index (χ0n) is 13.4. The van der Waals surface area contributed by atoms with E-state index in [0.717, 1.165) is 22.0 Å². The van der Waals surface area contributed by atoms with Crippen LogP contribution in [0.15, 0.2) is 59.9 Å². The molecule has 0 unspecified atom stereocenters. The summed E-state index contributed by atoms with van der Waals surface area (Å²) >= 11 is 0. The van der Waals surface area contributed by atoms with E-state index in [1.54, 1.807) is 0 Å². The molecule has 0 saturated carbocycles. The zero-order valence-corrected chi connectivity index (χ0v) is 13.4. The van der Waals surface area contributed by atoms with Gasteiger partial charge in [-0.1, -0.05) is 47.1 Å². The van der Waals surface area contributed by atoms with E-state index in [4.69, 9.17) is 4.84 Å². The fraction of sp³-hybridized carbons (Fsp3) is 0.158. The van der Waals surface area contributed by atoms with Crippen LogP contribution in [0.2, 0.25) is 0 Å². The molecule has 0 aliphatic carbocycles. The number of nitrogens with zero attached hydrogens (tertiary/aromatic N) is 2. The van der Waals surface area contributed by atoms with Gasteiger partial charge >= 0.3 is 5.97 Å². The first kappa shape index (κ1) is 15.0. The summed E-state index contributed by atoms with van der Waals surface area (Å²) in [5, 5.41) is 5.20. The smallest absolute Gasteiger partial charge is 0.332 e. The molecule has 0 radical (unpaired) electrons. The molecule has 23 heavy (non-hydrogen) atoms. The van der Waals surface area contributed by atoms with E-state index in [9.17, 15) is 4.79 Å². The number of aromatic nitrogens is 1. The van der Waals surface area contributed by atoms with Crippen LogP contribution < -0.4 is 0 Å². The van der Waals surface area contributed by atoms with E-state index >= 15 is 0 Å². The Kier molecular flexibility index (Phi) is 3.98. The number of hydrogen-bond donors (Lipinski definition) is 0. The first-order valence-electron chi connectivity index (χ1n) is 7.43. The lowest BCUT2D eigenvalue weighted by atomic mass is 10.0. The van der Waals surface area contributed by atoms with Crippen LogP contribution in [0.3, 0.4) is 0 Å². The number of aryl methyl sites for hydroxylation is 2. The fourth-order valence-corrected chi connectivity index (χ4v) is 2.66. The van der Waals surface area contributed by atoms with Crippen molar-refractivity contribution in [2.24, 2.45) is 12.2 Å². The molecule has 4 heteroatoms. The number of benzene rings is 2. The number of hydrogen-bond acceptors (Lipinski definition) is 3. The van der Waals surface area contributed by atoms with Gasteiger partial charge in [-0.15, -0.1) is 0 Å². The minimum atomic E-state index is -0.435. The van der Waals surface area contributed by atoms with Crippen LogP contribution in [-0.2, 0) is 16.7 Å². The van der Waals surface area contributed by atoms with Crippen molar-refractivity contribution in [2.75, 3.05) is 0 Å². The maximum absolute atomic E-state index is 11.2. The molecular weight excluding hydrogens is 288 g/mol. The van der Waals surface area contributed by atoms with Gasteiger partial charge < -0.3 is 9.40 Å². The molecule has 0 N–H and O–H groups in total. The van der Waals surface area contributed by atoms with Crippen molar-refractivity contribution >= 4 is 22.6 Å². The summed E-state index contributed by atoms with van der Waals surface area (Å²) in [4.78, 5) is 16.1. The summed E-state index contributed by atoms with van der Waals surface area (Å²) in [5.74, 6) is -0.435. The zero-order chi connectivity index (χ0) is 16.4. The molecule has 116 valence electrons. The van der Waals surface area contributed by atoms with Crippen LogP contribution in [0.25, 0.3) is 10.9 Å². The maximum atomic E-state index is 11.2. The minimum Gasteiger partial charge on any atom is -0.350 e. The van der Waals surface area contributed by atoms with E-state index in [-0.39, 0.29) is 0 Å². The van der Waals surface area contributed by atoms with E-state index in [0.29, 0.717) is 5.71 Å². The Balaban J connectivity index is 2.23. The van der Waals surface area contributed by atoms with E-state index < -0.39 is 5.97 Å². The molecule has 0 amide bonds. The quantitative estimate of drug-likeness (QED) is 0.419. The molecule has 0 bridgehead atoms. The molecule has 3 rings (SSSR count). The Labute approximate surface area is 135 Å². The summed E-state index contributed by atoms with van der Waals surface area (Å²) in [6.45, 7) is 3.40. The lowest BCUT2D eigenvalue weighted by Gasteiger charge is -2.05. The van der Waals surface area contributed by atoms with Crippen LogP contribution in [0.1, 0.15) is 23.6 Å². The van der Waals surface area contributed by atoms with Crippen LogP contribution in [-0.4, -0.2) is 16.2 Å². The third-order valence-corrected chi connectivity index (χ3v) is 3.71. The fourth-order valence-electron chi connectivity index (χ4n) is 2.66. The van der Waals surface area contributed by atoms with Gasteiger partial charge in [0.15, 0.2) is 0 Å². The second kappa shape index (κ2) is 6.08. The first-order valence-corrected chi connectivity index (χ1v) is 7.43. The molecular formula is C19H18N2O2. The second-order valence-electron chi connectivity index (χ2n) is 5.56. The van der Waals surface area contributed by atoms with Crippen LogP contribution >= 0.6 is 0 Å². The van der Waals surface area contributed by atoms with Crippen LogP contribution in [0.5, 0.6) is 0 Å². The molecule has 1 aromatic heterocycles. The number of oxime groups is 1. The van der Waals surface area contributed by atoms with Crippen molar-refractivity contribution < 1.29 is 9.63 Å². The van der Waals surface area contributed by atoms with Gasteiger partial charge in [-0.05, 0) is 19.1 Å². The number of rotatable bonds is 3. The Bertz CT molecular complexity index is 892. The van der Waals surface area contributed by atoms with Crippen LogP contribution in [0.4, 0.5) is 0 Å². The predicted octanol–water partition coefficient (Wildman–Crippen LogP) is 3.80. The van der Waals surface area contributed by atoms with Gasteiger partial charge in [-0.25, -0.2) is 4.79 Å². The summed E-state index contributed by atoms with van der Waals surface area (Å²) in [6, 6.07) is 16.0. The molecule has 0 aliphatic rings. The average molecular weight is 306 g/mol. The van der Waals surface area contributed by atoms with Crippen molar-refractivity contribution in [1.29, 1.82) is 0 Å². The topological polar surface area (TPSA) is 43.6 Å². The normalized spacial score (nSPS) is 11.7. The lowest BCUT2D eigenvalue weighted by Crippen LogP contribution is -2.05. The average Bonchev–Trinajstić information content (AvgIpc) is 2.85. The van der Waals surface area contributed by atoms with Gasteiger partial charge in [0.2, 0.25) is 0 Å². The monoisotopic (exact) mass is 306 g/mol. The van der Waals surface area contributed by atoms with Crippen molar-refractivity contribution in [2.45, 2.75) is 13.8 Å². The molecule has 0 spiro atoms. The SMILES string of the molecule is CC(=O)O/N=C(\c1ccccc1)c1cn(C)c2ccc(C)cc12. The number of carbonyl (C=O) groups is 1. The largest absolute Gasteiger partial charge is 0.350 e. The maximum Gasteiger partial charge on any atom is 0.332 e. The van der Waals surface area contributed by atoms with Crippen LogP contribution in [0, 0.1) is 6.92 Å². The second-order valence-corrected chi connectivity index (χ2v) is 5.56. The summed E-state index contributed by atoms with van der Waals surface area (Å²) in [6.07, 6.45) is 2.01. The Morgan fingerprint density at radius 3 is 2.57 bits per heavy atom. The highest BCUT2D eigenvalue weighted by Gasteiger charge is 2.15. The van der Waals surface area contributed by atoms with E-state index in [1.807, 2.05) is 43.6 Å². The molecule has 0 atom stereocenters. The van der Waals surface area contributed by atoms with Gasteiger partial charge in [0, 0.05) is 42.2 Å². The van der Waals surface area contributed by atoms with Gasteiger partial charge in [0.1, 0.15) is 5.71 Å². The Morgan fingerprint density at radius 2 is 1.87 bits per heavy atom. The minimum absolute atomic E-state index is 0.435. The van der Waals surface area contributed by atoms with E-state index in [2.05, 4.69) is 34.8 Å².